The van der Waals surface area contributed by atoms with Crippen LogP contribution in [0.2, 0.25) is 0 Å². The Morgan fingerprint density at radius 2 is 1.96 bits per heavy atom. The third-order valence-corrected chi connectivity index (χ3v) is 7.50. The largest absolute Gasteiger partial charge is 0.381 e. The van der Waals surface area contributed by atoms with Gasteiger partial charge in [0.1, 0.15) is 4.90 Å². The molecule has 1 spiro atoms. The van der Waals surface area contributed by atoms with Gasteiger partial charge in [0.2, 0.25) is 10.0 Å². The molecule has 3 aliphatic heterocycles. The van der Waals surface area contributed by atoms with Gasteiger partial charge < -0.3 is 9.64 Å². The number of hydrogen-bond donors (Lipinski definition) is 0. The zero-order valence-corrected chi connectivity index (χ0v) is 15.0. The molecule has 3 fully saturated rings. The van der Waals surface area contributed by atoms with Crippen LogP contribution < -0.4 is 0 Å². The molecule has 0 amide bonds. The van der Waals surface area contributed by atoms with E-state index in [1.807, 2.05) is 0 Å². The molecule has 3 saturated heterocycles. The van der Waals surface area contributed by atoms with Crippen LogP contribution >= 0.6 is 0 Å². The van der Waals surface area contributed by atoms with Crippen LogP contribution in [0.3, 0.4) is 0 Å². The molecule has 0 aromatic carbocycles. The molecule has 7 heteroatoms. The maximum Gasteiger partial charge on any atom is 0.244 e. The number of hydrogen-bond acceptors (Lipinski definition) is 5. The van der Waals surface area contributed by atoms with Gasteiger partial charge in [-0.15, -0.1) is 0 Å². The molecule has 0 N–H and O–H groups in total. The third-order valence-electron chi connectivity index (χ3n) is 5.58. The zero-order chi connectivity index (χ0) is 16.8. The summed E-state index contributed by atoms with van der Waals surface area (Å²) in [6, 6.07) is 3.34. The predicted molar refractivity (Wildman–Crippen MR) is 90.1 cm³/mol. The van der Waals surface area contributed by atoms with E-state index >= 15 is 0 Å². The first-order chi connectivity index (χ1) is 11.5. The summed E-state index contributed by atoms with van der Waals surface area (Å²) >= 11 is 0. The maximum atomic E-state index is 12.7. The molecular formula is C17H25N3O3S. The molecule has 0 unspecified atom stereocenters. The average molecular weight is 351 g/mol. The van der Waals surface area contributed by atoms with Crippen LogP contribution in [-0.4, -0.2) is 68.5 Å². The predicted octanol–water partition coefficient (Wildman–Crippen LogP) is 1.12. The van der Waals surface area contributed by atoms with Gasteiger partial charge in [0.25, 0.3) is 0 Å². The lowest BCUT2D eigenvalue weighted by atomic mass is 9.74. The second-order valence-corrected chi connectivity index (χ2v) is 9.49. The van der Waals surface area contributed by atoms with Crippen LogP contribution in [0.15, 0.2) is 23.2 Å². The van der Waals surface area contributed by atoms with E-state index in [1.165, 1.54) is 0 Å². The fourth-order valence-electron chi connectivity index (χ4n) is 4.28. The van der Waals surface area contributed by atoms with Gasteiger partial charge in [-0.2, -0.15) is 4.31 Å². The first-order valence-corrected chi connectivity index (χ1v) is 10.1. The lowest BCUT2D eigenvalue weighted by Crippen LogP contribution is -2.73. The van der Waals surface area contributed by atoms with Crippen molar-refractivity contribution in [3.63, 3.8) is 0 Å². The van der Waals surface area contributed by atoms with Gasteiger partial charge in [-0.25, -0.2) is 8.42 Å². The minimum atomic E-state index is -3.39. The normalized spacial score (nSPS) is 25.4. The van der Waals surface area contributed by atoms with Crippen molar-refractivity contribution in [1.29, 1.82) is 0 Å². The Bertz CT molecular complexity index is 702. The van der Waals surface area contributed by atoms with Gasteiger partial charge in [0.05, 0.1) is 5.69 Å². The summed E-state index contributed by atoms with van der Waals surface area (Å²) in [5.74, 6) is 0.744. The summed E-state index contributed by atoms with van der Waals surface area (Å²) in [6.45, 7) is 8.02. The van der Waals surface area contributed by atoms with Crippen LogP contribution in [0, 0.1) is 18.3 Å². The van der Waals surface area contributed by atoms with E-state index in [4.69, 9.17) is 4.74 Å². The number of sulfonamides is 1. The van der Waals surface area contributed by atoms with Crippen LogP contribution in [0.4, 0.5) is 0 Å². The van der Waals surface area contributed by atoms with Crippen molar-refractivity contribution >= 4 is 10.0 Å². The van der Waals surface area contributed by atoms with Crippen molar-refractivity contribution in [2.45, 2.75) is 24.7 Å². The highest BCUT2D eigenvalue weighted by molar-refractivity contribution is 7.89. The second-order valence-electron chi connectivity index (χ2n) is 7.59. The fraction of sp³-hybridized carbons (Fsp3) is 0.706. The standard InChI is InChI=1S/C17H25N3O3S/c1-14-16(3-2-6-18-14)24(21,22)20-12-17(13-20)10-19(11-17)9-15-4-7-23-8-5-15/h2-3,6,15H,4-5,7-13H2,1H3. The Labute approximate surface area is 143 Å². The van der Waals surface area contributed by atoms with Gasteiger partial charge in [-0.3, -0.25) is 4.98 Å². The second kappa shape index (κ2) is 6.05. The molecule has 6 nitrogen and oxygen atoms in total. The molecule has 24 heavy (non-hydrogen) atoms. The molecule has 0 saturated carbocycles. The maximum absolute atomic E-state index is 12.7. The summed E-state index contributed by atoms with van der Waals surface area (Å²) < 4.78 is 32.5. The highest BCUT2D eigenvalue weighted by atomic mass is 32.2. The molecule has 3 aliphatic rings. The van der Waals surface area contributed by atoms with Crippen molar-refractivity contribution in [1.82, 2.24) is 14.2 Å². The molecule has 4 heterocycles. The van der Waals surface area contributed by atoms with Gasteiger partial charge in [0, 0.05) is 57.5 Å². The van der Waals surface area contributed by atoms with E-state index in [-0.39, 0.29) is 5.41 Å². The van der Waals surface area contributed by atoms with E-state index in [1.54, 1.807) is 29.6 Å². The van der Waals surface area contributed by atoms with Crippen LogP contribution in [-0.2, 0) is 14.8 Å². The molecular weight excluding hydrogens is 326 g/mol. The molecule has 1 aromatic rings. The molecule has 4 rings (SSSR count). The van der Waals surface area contributed by atoms with E-state index in [9.17, 15) is 8.42 Å². The Kier molecular flexibility index (Phi) is 4.15. The smallest absolute Gasteiger partial charge is 0.244 e. The van der Waals surface area contributed by atoms with E-state index in [2.05, 4.69) is 9.88 Å². The monoisotopic (exact) mass is 351 g/mol. The van der Waals surface area contributed by atoms with Gasteiger partial charge in [-0.1, -0.05) is 0 Å². The summed E-state index contributed by atoms with van der Waals surface area (Å²) in [6.07, 6.45) is 3.95. The zero-order valence-electron chi connectivity index (χ0n) is 14.1. The number of likely N-dealkylation sites (tertiary alicyclic amines) is 1. The fourth-order valence-corrected chi connectivity index (χ4v) is 6.12. The molecule has 0 radical (unpaired) electrons. The lowest BCUT2D eigenvalue weighted by Gasteiger charge is -2.60. The van der Waals surface area contributed by atoms with Crippen LogP contribution in [0.1, 0.15) is 18.5 Å². The third kappa shape index (κ3) is 2.87. The number of aromatic nitrogens is 1. The lowest BCUT2D eigenvalue weighted by molar-refractivity contribution is -0.0912. The van der Waals surface area contributed by atoms with Gasteiger partial charge in [0.15, 0.2) is 0 Å². The highest BCUT2D eigenvalue weighted by Crippen LogP contribution is 2.42. The number of rotatable bonds is 4. The first-order valence-electron chi connectivity index (χ1n) is 8.70. The minimum Gasteiger partial charge on any atom is -0.381 e. The summed E-state index contributed by atoms with van der Waals surface area (Å²) in [5, 5.41) is 0. The number of ether oxygens (including phenoxy) is 1. The molecule has 0 atom stereocenters. The van der Waals surface area contributed by atoms with Crippen LogP contribution in [0.5, 0.6) is 0 Å². The van der Waals surface area contributed by atoms with Crippen molar-refractivity contribution in [3.8, 4) is 0 Å². The summed E-state index contributed by atoms with van der Waals surface area (Å²) in [5.41, 5.74) is 0.766. The quantitative estimate of drug-likeness (QED) is 0.814. The molecule has 1 aromatic heterocycles. The Morgan fingerprint density at radius 1 is 1.25 bits per heavy atom. The molecule has 0 aliphatic carbocycles. The number of pyridine rings is 1. The average Bonchev–Trinajstić information content (AvgIpc) is 2.49. The van der Waals surface area contributed by atoms with Gasteiger partial charge in [-0.05, 0) is 37.8 Å². The van der Waals surface area contributed by atoms with Crippen molar-refractivity contribution in [2.75, 3.05) is 45.9 Å². The SMILES string of the molecule is Cc1ncccc1S(=O)(=O)N1CC2(CN(CC3CCOCC3)C2)C1. The van der Waals surface area contributed by atoms with Crippen LogP contribution in [0.25, 0.3) is 0 Å². The molecule has 132 valence electrons. The Balaban J connectivity index is 1.32. The first kappa shape index (κ1) is 16.4. The van der Waals surface area contributed by atoms with Crippen molar-refractivity contribution < 1.29 is 13.2 Å². The van der Waals surface area contributed by atoms with E-state index in [0.717, 1.165) is 51.6 Å². The Hall–Kier alpha value is -1.02. The summed E-state index contributed by atoms with van der Waals surface area (Å²) in [4.78, 5) is 6.94. The minimum absolute atomic E-state index is 0.189. The number of aryl methyl sites for hydroxylation is 1. The molecule has 0 bridgehead atoms. The highest BCUT2D eigenvalue weighted by Gasteiger charge is 2.55. The van der Waals surface area contributed by atoms with Crippen molar-refractivity contribution in [2.24, 2.45) is 11.3 Å². The van der Waals surface area contributed by atoms with Gasteiger partial charge >= 0.3 is 0 Å². The Morgan fingerprint density at radius 3 is 2.62 bits per heavy atom. The van der Waals surface area contributed by atoms with Crippen molar-refractivity contribution in [3.05, 3.63) is 24.0 Å². The van der Waals surface area contributed by atoms with E-state index in [0.29, 0.717) is 23.7 Å². The summed E-state index contributed by atoms with van der Waals surface area (Å²) in [7, 11) is -3.39. The van der Waals surface area contributed by atoms with E-state index < -0.39 is 10.0 Å². The number of nitrogens with zero attached hydrogens (tertiary/aromatic N) is 3. The topological polar surface area (TPSA) is 62.7 Å².